The number of β-amino-alcohol motifs (C(OH)–C–C–N with tert-alkyl or cyclic N) is 1. The van der Waals surface area contributed by atoms with Crippen LogP contribution in [0, 0.1) is 17.8 Å². The Labute approximate surface area is 332 Å². The molecule has 13 nitrogen and oxygen atoms in total. The fraction of sp³-hybridized carbons (Fsp3) is 0.500. The van der Waals surface area contributed by atoms with Crippen LogP contribution >= 0.6 is 11.6 Å². The summed E-state index contributed by atoms with van der Waals surface area (Å²) in [6.45, 7) is 8.06. The molecule has 4 heterocycles. The van der Waals surface area contributed by atoms with Crippen molar-refractivity contribution in [3.05, 3.63) is 81.4 Å². The Morgan fingerprint density at radius 3 is 1.98 bits per heavy atom. The van der Waals surface area contributed by atoms with Crippen LogP contribution in [0.3, 0.4) is 0 Å². The average Bonchev–Trinajstić information content (AvgIpc) is 3.92. The fourth-order valence-corrected chi connectivity index (χ4v) is 10.2. The van der Waals surface area contributed by atoms with Crippen LogP contribution in [0.2, 0.25) is 5.02 Å². The lowest BCUT2D eigenvalue weighted by Gasteiger charge is -2.32. The summed E-state index contributed by atoms with van der Waals surface area (Å²) in [5, 5.41) is 26.1. The van der Waals surface area contributed by atoms with E-state index in [1.54, 1.807) is 13.0 Å². The smallest absolute Gasteiger partial charge is 0.309 e. The van der Waals surface area contributed by atoms with Gasteiger partial charge < -0.3 is 30.0 Å². The second-order valence-corrected chi connectivity index (χ2v) is 17.1. The van der Waals surface area contributed by atoms with E-state index in [4.69, 9.17) is 21.6 Å². The molecule has 2 aliphatic carbocycles. The maximum atomic E-state index is 13.8. The molecule has 1 atom stereocenters. The topological polar surface area (TPSA) is 158 Å². The monoisotopic (exact) mass is 782 g/mol. The number of aromatic nitrogens is 4. The molecule has 4 aromatic rings. The average molecular weight is 783 g/mol. The van der Waals surface area contributed by atoms with Crippen molar-refractivity contribution >= 4 is 40.8 Å². The number of aliphatic hydroxyl groups excluding tert-OH is 1. The highest BCUT2D eigenvalue weighted by molar-refractivity contribution is 6.36. The van der Waals surface area contributed by atoms with Gasteiger partial charge in [-0.2, -0.15) is 0 Å². The predicted octanol–water partition coefficient (Wildman–Crippen LogP) is 5.81. The van der Waals surface area contributed by atoms with Gasteiger partial charge in [0, 0.05) is 82.3 Å². The lowest BCUT2D eigenvalue weighted by atomic mass is 9.80. The summed E-state index contributed by atoms with van der Waals surface area (Å²) in [7, 11) is 3.75. The minimum atomic E-state index is -0.625. The molecular weight excluding hydrogens is 732 g/mol. The second-order valence-electron chi connectivity index (χ2n) is 16.7. The highest BCUT2D eigenvalue weighted by atomic mass is 35.5. The number of imidazole rings is 2. The lowest BCUT2D eigenvalue weighted by Crippen LogP contribution is -2.36. The molecule has 2 aromatic carbocycles. The number of carboxylic acid groups (broad SMARTS) is 1. The number of hydrogen-bond acceptors (Lipinski definition) is 8. The Bertz CT molecular complexity index is 2220. The zero-order valence-corrected chi connectivity index (χ0v) is 33.4. The highest BCUT2D eigenvalue weighted by Crippen LogP contribution is 2.63. The van der Waals surface area contributed by atoms with Crippen LogP contribution in [-0.4, -0.2) is 89.2 Å². The molecule has 2 aliphatic heterocycles. The Morgan fingerprint density at radius 1 is 0.839 bits per heavy atom. The number of nitrogens with zero attached hydrogens (tertiary/aromatic N) is 6. The van der Waals surface area contributed by atoms with Gasteiger partial charge in [0.1, 0.15) is 0 Å². The van der Waals surface area contributed by atoms with Crippen LogP contribution in [0.15, 0.2) is 36.4 Å². The molecular formula is C42H51ClN8O5. The first-order chi connectivity index (χ1) is 26.8. The zero-order chi connectivity index (χ0) is 39.5. The van der Waals surface area contributed by atoms with Crippen LogP contribution in [-0.2, 0) is 44.8 Å². The maximum Gasteiger partial charge on any atom is 0.309 e. The van der Waals surface area contributed by atoms with Gasteiger partial charge in [0.05, 0.1) is 33.6 Å². The van der Waals surface area contributed by atoms with Crippen molar-refractivity contribution in [2.75, 3.05) is 36.8 Å². The van der Waals surface area contributed by atoms with E-state index in [0.717, 1.165) is 105 Å². The number of carbonyl (C=O) groups excluding carboxylic acids is 2. The van der Waals surface area contributed by atoms with E-state index in [2.05, 4.69) is 20.4 Å². The van der Waals surface area contributed by atoms with Crippen LogP contribution < -0.4 is 10.6 Å². The van der Waals surface area contributed by atoms with Crippen molar-refractivity contribution in [2.24, 2.45) is 24.9 Å². The van der Waals surface area contributed by atoms with Crippen molar-refractivity contribution in [3.8, 4) is 11.1 Å². The standard InChI is InChI=1S/C42H51ClN8O5/c1-25(52)21-51-19-12-34-32(23-51)45-36(49(34)4)38(53)46-29-9-5-7-27(26(29)2)28-8-6-10-30(35(28)43)47-39(54)37-44-31-22-50(18-11-33(31)48(37)3)20-17-41-13-15-42(24-41,16-14-41)40(55)56/h5-10,25,52H,11-24H2,1-4H3,(H,46,53)(H,47,54)(H,55,56). The summed E-state index contributed by atoms with van der Waals surface area (Å²) < 4.78 is 3.74. The van der Waals surface area contributed by atoms with Gasteiger partial charge in [-0.1, -0.05) is 35.9 Å². The Balaban J connectivity index is 0.938. The molecule has 2 amide bonds. The van der Waals surface area contributed by atoms with E-state index in [1.807, 2.05) is 60.5 Å². The number of anilines is 2. The lowest BCUT2D eigenvalue weighted by molar-refractivity contribution is -0.148. The van der Waals surface area contributed by atoms with Gasteiger partial charge in [-0.05, 0) is 87.6 Å². The summed E-state index contributed by atoms with van der Waals surface area (Å²) in [6.07, 6.45) is 6.48. The Kier molecular flexibility index (Phi) is 10.1. The number of carboxylic acids is 1. The van der Waals surface area contributed by atoms with Crippen LogP contribution in [0.1, 0.15) is 95.0 Å². The van der Waals surface area contributed by atoms with Crippen molar-refractivity contribution in [1.29, 1.82) is 0 Å². The molecule has 1 unspecified atom stereocenters. The van der Waals surface area contributed by atoms with Gasteiger partial charge in [0.25, 0.3) is 11.8 Å². The summed E-state index contributed by atoms with van der Waals surface area (Å²) in [5.74, 6) is -0.637. The molecule has 2 saturated carbocycles. The third-order valence-electron chi connectivity index (χ3n) is 13.1. The van der Waals surface area contributed by atoms with Gasteiger partial charge >= 0.3 is 5.97 Å². The second kappa shape index (κ2) is 14.7. The molecule has 0 saturated heterocycles. The van der Waals surface area contributed by atoms with E-state index in [-0.39, 0.29) is 17.2 Å². The number of hydrogen-bond donors (Lipinski definition) is 4. The summed E-state index contributed by atoms with van der Waals surface area (Å²) in [5.41, 5.74) is 6.89. The normalized spacial score (nSPS) is 22.5. The molecule has 0 radical (unpaired) electrons. The number of aliphatic hydroxyl groups is 1. The number of carbonyl (C=O) groups is 3. The van der Waals surface area contributed by atoms with E-state index < -0.39 is 17.5 Å². The first-order valence-electron chi connectivity index (χ1n) is 19.7. The first kappa shape index (κ1) is 38.3. The number of rotatable bonds is 11. The van der Waals surface area contributed by atoms with E-state index in [9.17, 15) is 24.6 Å². The Morgan fingerprint density at radius 2 is 1.39 bits per heavy atom. The molecule has 56 heavy (non-hydrogen) atoms. The minimum absolute atomic E-state index is 0.138. The molecule has 4 N–H and O–H groups in total. The molecule has 2 aromatic heterocycles. The third-order valence-corrected chi connectivity index (χ3v) is 13.5. The number of aliphatic carboxylic acids is 1. The van der Waals surface area contributed by atoms with Gasteiger partial charge in [-0.25, -0.2) is 9.97 Å². The molecule has 2 fully saturated rings. The number of amides is 2. The van der Waals surface area contributed by atoms with Gasteiger partial charge in [0.15, 0.2) is 11.6 Å². The molecule has 8 rings (SSSR count). The largest absolute Gasteiger partial charge is 0.481 e. The van der Waals surface area contributed by atoms with E-state index in [1.165, 1.54) is 0 Å². The van der Waals surface area contributed by atoms with Gasteiger partial charge in [-0.15, -0.1) is 0 Å². The van der Waals surface area contributed by atoms with Crippen molar-refractivity contribution in [1.82, 2.24) is 28.9 Å². The number of halogens is 1. The van der Waals surface area contributed by atoms with Crippen LogP contribution in [0.5, 0.6) is 0 Å². The molecule has 14 heteroatoms. The quantitative estimate of drug-likeness (QED) is 0.147. The number of benzene rings is 2. The zero-order valence-electron chi connectivity index (χ0n) is 32.6. The third kappa shape index (κ3) is 6.92. The minimum Gasteiger partial charge on any atom is -0.481 e. The number of fused-ring (bicyclic) bond motifs is 4. The van der Waals surface area contributed by atoms with E-state index in [0.29, 0.717) is 53.2 Å². The van der Waals surface area contributed by atoms with Crippen LogP contribution in [0.4, 0.5) is 11.4 Å². The molecule has 2 bridgehead atoms. The van der Waals surface area contributed by atoms with Gasteiger partial charge in [-0.3, -0.25) is 24.2 Å². The fourth-order valence-electron chi connectivity index (χ4n) is 9.90. The summed E-state index contributed by atoms with van der Waals surface area (Å²) in [6, 6.07) is 11.2. The molecule has 296 valence electrons. The summed E-state index contributed by atoms with van der Waals surface area (Å²) >= 11 is 7.02. The highest BCUT2D eigenvalue weighted by Gasteiger charge is 2.57. The Hall–Kier alpha value is -4.56. The van der Waals surface area contributed by atoms with Crippen molar-refractivity contribution in [3.63, 3.8) is 0 Å². The van der Waals surface area contributed by atoms with Gasteiger partial charge in [0.2, 0.25) is 0 Å². The molecule has 0 spiro atoms. The van der Waals surface area contributed by atoms with E-state index >= 15 is 0 Å². The first-order valence-corrected chi connectivity index (χ1v) is 20.1. The SMILES string of the molecule is Cc1c(NC(=O)c2nc3c(n2C)CCN(CC(C)O)C3)cccc1-c1cccc(NC(=O)c2nc3c(n2C)CCN(CCC24CCC(C(=O)O)(CC2)C4)C3)c1Cl. The molecule has 4 aliphatic rings. The van der Waals surface area contributed by atoms with Crippen molar-refractivity contribution < 1.29 is 24.6 Å². The maximum absolute atomic E-state index is 13.8. The van der Waals surface area contributed by atoms with Crippen LogP contribution in [0.25, 0.3) is 11.1 Å². The van der Waals surface area contributed by atoms with Crippen molar-refractivity contribution in [2.45, 2.75) is 84.4 Å². The number of nitrogens with one attached hydrogen (secondary N) is 2. The summed E-state index contributed by atoms with van der Waals surface area (Å²) in [4.78, 5) is 53.4. The predicted molar refractivity (Wildman–Crippen MR) is 214 cm³/mol.